The highest BCUT2D eigenvalue weighted by Crippen LogP contribution is 2.23. The summed E-state index contributed by atoms with van der Waals surface area (Å²) in [5.41, 5.74) is 1.56. The molecule has 0 radical (unpaired) electrons. The van der Waals surface area contributed by atoms with Crippen LogP contribution in [0.2, 0.25) is 0 Å². The van der Waals surface area contributed by atoms with E-state index in [1.165, 1.54) is 19.3 Å². The smallest absolute Gasteiger partial charge is 0.325 e. The summed E-state index contributed by atoms with van der Waals surface area (Å²) in [6.07, 6.45) is 7.59. The Morgan fingerprint density at radius 3 is 2.67 bits per heavy atom. The molecule has 0 aromatic carbocycles. The van der Waals surface area contributed by atoms with Gasteiger partial charge in [-0.1, -0.05) is 19.3 Å². The molecule has 1 aromatic heterocycles. The summed E-state index contributed by atoms with van der Waals surface area (Å²) < 4.78 is 1.67. The molecule has 1 atom stereocenters. The van der Waals surface area contributed by atoms with Gasteiger partial charge in [-0.25, -0.2) is 0 Å². The minimum absolute atomic E-state index is 0.319. The largest absolute Gasteiger partial charge is 0.480 e. The molecule has 1 unspecified atom stereocenters. The highest BCUT2D eigenvalue weighted by Gasteiger charge is 2.27. The number of carboxylic acid groups (broad SMARTS) is 1. The van der Waals surface area contributed by atoms with E-state index in [4.69, 9.17) is 0 Å². The molecular weight excluding hydrogens is 230 g/mol. The van der Waals surface area contributed by atoms with Gasteiger partial charge < -0.3 is 5.11 Å². The molecule has 1 saturated carbocycles. The number of aliphatic carboxylic acids is 1. The Kier molecular flexibility index (Phi) is 4.01. The number of carbonyl (C=O) groups is 1. The topological polar surface area (TPSA) is 67.2 Å². The van der Waals surface area contributed by atoms with Crippen LogP contribution in [0.25, 0.3) is 0 Å². The van der Waals surface area contributed by atoms with E-state index in [-0.39, 0.29) is 0 Å². The molecule has 5 heteroatoms. The highest BCUT2D eigenvalue weighted by atomic mass is 16.4. The lowest BCUT2D eigenvalue weighted by atomic mass is 9.94. The molecule has 100 valence electrons. The first kappa shape index (κ1) is 13.1. The molecule has 0 spiro atoms. The minimum Gasteiger partial charge on any atom is -0.480 e. The van der Waals surface area contributed by atoms with Crippen molar-refractivity contribution in [1.82, 2.24) is 15.1 Å². The van der Waals surface area contributed by atoms with Crippen LogP contribution < -0.4 is 5.32 Å². The molecule has 2 N–H and O–H groups in total. The summed E-state index contributed by atoms with van der Waals surface area (Å²) in [6, 6.07) is -0.318. The monoisotopic (exact) mass is 251 g/mol. The van der Waals surface area contributed by atoms with Crippen molar-refractivity contribution in [2.75, 3.05) is 0 Å². The summed E-state index contributed by atoms with van der Waals surface area (Å²) in [7, 11) is 1.82. The highest BCUT2D eigenvalue weighted by molar-refractivity contribution is 5.75. The lowest BCUT2D eigenvalue weighted by Crippen LogP contribution is -2.38. The van der Waals surface area contributed by atoms with Crippen molar-refractivity contribution < 1.29 is 9.90 Å². The standard InChI is InChI=1S/C13H21N3O2/c1-9-11(8-16(2)15-9)12(13(17)18)14-10-6-4-3-5-7-10/h8,10,12,14H,3-7H2,1-2H3,(H,17,18). The van der Waals surface area contributed by atoms with E-state index in [0.29, 0.717) is 6.04 Å². The second kappa shape index (κ2) is 5.52. The summed E-state index contributed by atoms with van der Waals surface area (Å²) in [5.74, 6) is -0.823. The fraction of sp³-hybridized carbons (Fsp3) is 0.692. The van der Waals surface area contributed by atoms with Crippen LogP contribution in [0, 0.1) is 6.92 Å². The number of carboxylic acids is 1. The molecule has 2 rings (SSSR count). The zero-order chi connectivity index (χ0) is 13.1. The van der Waals surface area contributed by atoms with E-state index in [9.17, 15) is 9.90 Å². The quantitative estimate of drug-likeness (QED) is 0.856. The van der Waals surface area contributed by atoms with Crippen LogP contribution in [-0.2, 0) is 11.8 Å². The molecule has 0 bridgehead atoms. The summed E-state index contributed by atoms with van der Waals surface area (Å²) in [4.78, 5) is 11.4. The van der Waals surface area contributed by atoms with Crippen LogP contribution in [0.3, 0.4) is 0 Å². The van der Waals surface area contributed by atoms with Gasteiger partial charge in [0, 0.05) is 24.8 Å². The molecular formula is C13H21N3O2. The number of nitrogens with one attached hydrogen (secondary N) is 1. The van der Waals surface area contributed by atoms with Gasteiger partial charge in [-0.05, 0) is 19.8 Å². The molecule has 18 heavy (non-hydrogen) atoms. The van der Waals surface area contributed by atoms with Gasteiger partial charge in [-0.15, -0.1) is 0 Å². The molecule has 0 saturated heterocycles. The van der Waals surface area contributed by atoms with Gasteiger partial charge in [0.05, 0.1) is 5.69 Å². The van der Waals surface area contributed by atoms with Crippen LogP contribution >= 0.6 is 0 Å². The second-order valence-electron chi connectivity index (χ2n) is 5.12. The van der Waals surface area contributed by atoms with Gasteiger partial charge in [0.2, 0.25) is 0 Å². The van der Waals surface area contributed by atoms with Gasteiger partial charge in [-0.3, -0.25) is 14.8 Å². The first-order chi connectivity index (χ1) is 8.58. The molecule has 0 aliphatic heterocycles. The van der Waals surface area contributed by atoms with Crippen LogP contribution in [0.15, 0.2) is 6.20 Å². The molecule has 1 aromatic rings. The summed E-state index contributed by atoms with van der Waals surface area (Å²) in [6.45, 7) is 1.85. The lowest BCUT2D eigenvalue weighted by Gasteiger charge is -2.26. The van der Waals surface area contributed by atoms with Crippen molar-refractivity contribution in [2.45, 2.75) is 51.1 Å². The van der Waals surface area contributed by atoms with Gasteiger partial charge in [0.15, 0.2) is 0 Å². The number of nitrogens with zero attached hydrogens (tertiary/aromatic N) is 2. The normalized spacial score (nSPS) is 18.8. The van der Waals surface area contributed by atoms with E-state index in [1.54, 1.807) is 10.9 Å². The first-order valence-electron chi connectivity index (χ1n) is 6.57. The fourth-order valence-corrected chi connectivity index (χ4v) is 2.70. The van der Waals surface area contributed by atoms with Crippen molar-refractivity contribution in [3.8, 4) is 0 Å². The van der Waals surface area contributed by atoms with Gasteiger partial charge in [0.25, 0.3) is 0 Å². The zero-order valence-electron chi connectivity index (χ0n) is 11.0. The molecule has 1 fully saturated rings. The lowest BCUT2D eigenvalue weighted by molar-refractivity contribution is -0.140. The van der Waals surface area contributed by atoms with Crippen molar-refractivity contribution >= 4 is 5.97 Å². The second-order valence-corrected chi connectivity index (χ2v) is 5.12. The summed E-state index contributed by atoms with van der Waals surface area (Å²) in [5, 5.41) is 16.9. The third-order valence-corrected chi connectivity index (χ3v) is 3.62. The Balaban J connectivity index is 2.12. The van der Waals surface area contributed by atoms with Crippen molar-refractivity contribution in [3.63, 3.8) is 0 Å². The number of aromatic nitrogens is 2. The molecule has 1 aliphatic carbocycles. The molecule has 1 aliphatic rings. The fourth-order valence-electron chi connectivity index (χ4n) is 2.70. The average Bonchev–Trinajstić information content (AvgIpc) is 2.66. The minimum atomic E-state index is -0.823. The van der Waals surface area contributed by atoms with E-state index in [0.717, 1.165) is 24.1 Å². The molecule has 1 heterocycles. The number of rotatable bonds is 4. The maximum absolute atomic E-state index is 11.4. The maximum Gasteiger partial charge on any atom is 0.325 e. The Bertz CT molecular complexity index is 422. The van der Waals surface area contributed by atoms with E-state index in [1.807, 2.05) is 14.0 Å². The van der Waals surface area contributed by atoms with E-state index in [2.05, 4.69) is 10.4 Å². The van der Waals surface area contributed by atoms with E-state index < -0.39 is 12.0 Å². The number of hydrogen-bond donors (Lipinski definition) is 2. The Morgan fingerprint density at radius 1 is 1.50 bits per heavy atom. The Hall–Kier alpha value is -1.36. The predicted octanol–water partition coefficient (Wildman–Crippen LogP) is 1.78. The summed E-state index contributed by atoms with van der Waals surface area (Å²) >= 11 is 0. The maximum atomic E-state index is 11.4. The SMILES string of the molecule is Cc1nn(C)cc1C(NC1CCCCC1)C(=O)O. The van der Waals surface area contributed by atoms with Gasteiger partial charge in [0.1, 0.15) is 6.04 Å². The predicted molar refractivity (Wildman–Crippen MR) is 68.3 cm³/mol. The van der Waals surface area contributed by atoms with E-state index >= 15 is 0 Å². The first-order valence-corrected chi connectivity index (χ1v) is 6.57. The number of aryl methyl sites for hydroxylation is 2. The molecule has 0 amide bonds. The van der Waals surface area contributed by atoms with Gasteiger partial charge in [-0.2, -0.15) is 5.10 Å². The third kappa shape index (κ3) is 2.90. The Labute approximate surface area is 107 Å². The van der Waals surface area contributed by atoms with Crippen LogP contribution in [0.5, 0.6) is 0 Å². The van der Waals surface area contributed by atoms with Crippen molar-refractivity contribution in [1.29, 1.82) is 0 Å². The average molecular weight is 251 g/mol. The van der Waals surface area contributed by atoms with Crippen LogP contribution in [0.1, 0.15) is 49.4 Å². The van der Waals surface area contributed by atoms with Crippen LogP contribution in [-0.4, -0.2) is 26.9 Å². The Morgan fingerprint density at radius 2 is 2.17 bits per heavy atom. The van der Waals surface area contributed by atoms with Crippen molar-refractivity contribution in [3.05, 3.63) is 17.5 Å². The zero-order valence-corrected chi connectivity index (χ0v) is 11.0. The van der Waals surface area contributed by atoms with Gasteiger partial charge >= 0.3 is 5.97 Å². The molecule has 5 nitrogen and oxygen atoms in total. The van der Waals surface area contributed by atoms with Crippen LogP contribution in [0.4, 0.5) is 0 Å². The third-order valence-electron chi connectivity index (χ3n) is 3.62. The number of hydrogen-bond acceptors (Lipinski definition) is 3. The van der Waals surface area contributed by atoms with Crippen molar-refractivity contribution in [2.24, 2.45) is 7.05 Å².